The van der Waals surface area contributed by atoms with E-state index in [1.54, 1.807) is 24.3 Å². The quantitative estimate of drug-likeness (QED) is 0.606. The van der Waals surface area contributed by atoms with E-state index < -0.39 is 10.0 Å². The van der Waals surface area contributed by atoms with Crippen molar-refractivity contribution in [3.8, 4) is 5.75 Å². The Morgan fingerprint density at radius 1 is 1.31 bits per heavy atom. The van der Waals surface area contributed by atoms with Gasteiger partial charge in [-0.05, 0) is 43.7 Å². The minimum absolute atomic E-state index is 0.0505. The first-order chi connectivity index (χ1) is 12.3. The van der Waals surface area contributed by atoms with Crippen LogP contribution in [0.1, 0.15) is 19.3 Å². The molecular formula is C17H26ClN3O4S. The Hall–Kier alpha value is -1.35. The maximum atomic E-state index is 12.1. The third kappa shape index (κ3) is 7.90. The van der Waals surface area contributed by atoms with Gasteiger partial charge in [-0.25, -0.2) is 13.1 Å². The molecule has 1 heterocycles. The number of hydrogen-bond acceptors (Lipinski definition) is 5. The van der Waals surface area contributed by atoms with Gasteiger partial charge in [0.1, 0.15) is 12.4 Å². The van der Waals surface area contributed by atoms with Gasteiger partial charge in [-0.1, -0.05) is 18.0 Å². The van der Waals surface area contributed by atoms with E-state index in [0.29, 0.717) is 30.5 Å². The zero-order valence-corrected chi connectivity index (χ0v) is 16.5. The first kappa shape index (κ1) is 21.0. The number of benzene rings is 1. The highest BCUT2D eigenvalue weighted by Gasteiger charge is 2.24. The molecular weight excluding hydrogens is 378 g/mol. The average Bonchev–Trinajstić information content (AvgIpc) is 2.59. The van der Waals surface area contributed by atoms with Crippen LogP contribution in [0.3, 0.4) is 0 Å². The molecule has 1 atom stereocenters. The van der Waals surface area contributed by atoms with Gasteiger partial charge in [-0.3, -0.25) is 9.69 Å². The van der Waals surface area contributed by atoms with Crippen LogP contribution < -0.4 is 14.8 Å². The average molecular weight is 404 g/mol. The number of rotatable bonds is 9. The van der Waals surface area contributed by atoms with Crippen LogP contribution in [0.15, 0.2) is 24.3 Å². The Labute approximate surface area is 160 Å². The summed E-state index contributed by atoms with van der Waals surface area (Å²) in [6.07, 6.45) is 4.09. The fraction of sp³-hybridized carbons (Fsp3) is 0.588. The van der Waals surface area contributed by atoms with E-state index in [-0.39, 0.29) is 18.5 Å². The van der Waals surface area contributed by atoms with Crippen molar-refractivity contribution < 1.29 is 17.9 Å². The van der Waals surface area contributed by atoms with Crippen LogP contribution in [0.2, 0.25) is 5.02 Å². The normalized spacial score (nSPS) is 18.5. The second-order valence-corrected chi connectivity index (χ2v) is 8.66. The molecule has 1 aromatic rings. The number of amides is 1. The minimum Gasteiger partial charge on any atom is -0.492 e. The van der Waals surface area contributed by atoms with Crippen molar-refractivity contribution in [3.05, 3.63) is 29.3 Å². The molecule has 1 aliphatic rings. The van der Waals surface area contributed by atoms with Gasteiger partial charge in [0.25, 0.3) is 0 Å². The highest BCUT2D eigenvalue weighted by molar-refractivity contribution is 7.88. The minimum atomic E-state index is -3.22. The van der Waals surface area contributed by atoms with Gasteiger partial charge in [0, 0.05) is 17.6 Å². The van der Waals surface area contributed by atoms with Crippen molar-refractivity contribution in [2.75, 3.05) is 39.0 Å². The fourth-order valence-corrected chi connectivity index (χ4v) is 3.50. The highest BCUT2D eigenvalue weighted by Crippen LogP contribution is 2.16. The SMILES string of the molecule is CS(=O)(=O)NCC1CCCCN1CC(=O)NCCOc1ccc(Cl)cc1. The number of sulfonamides is 1. The molecule has 2 N–H and O–H groups in total. The molecule has 26 heavy (non-hydrogen) atoms. The lowest BCUT2D eigenvalue weighted by Crippen LogP contribution is -2.50. The molecule has 0 aliphatic carbocycles. The topological polar surface area (TPSA) is 87.7 Å². The van der Waals surface area contributed by atoms with Crippen molar-refractivity contribution in [1.82, 2.24) is 14.9 Å². The molecule has 7 nitrogen and oxygen atoms in total. The molecule has 0 bridgehead atoms. The second-order valence-electron chi connectivity index (χ2n) is 6.39. The Balaban J connectivity index is 1.70. The van der Waals surface area contributed by atoms with Crippen LogP contribution in [0.25, 0.3) is 0 Å². The monoisotopic (exact) mass is 403 g/mol. The fourth-order valence-electron chi connectivity index (χ4n) is 2.88. The van der Waals surface area contributed by atoms with Crippen LogP contribution in [0, 0.1) is 0 Å². The van der Waals surface area contributed by atoms with Gasteiger partial charge in [0.15, 0.2) is 0 Å². The summed E-state index contributed by atoms with van der Waals surface area (Å²) in [6.45, 7) is 2.17. The van der Waals surface area contributed by atoms with Crippen molar-refractivity contribution in [2.24, 2.45) is 0 Å². The number of likely N-dealkylation sites (tertiary alicyclic amines) is 1. The lowest BCUT2D eigenvalue weighted by atomic mass is 10.0. The molecule has 1 fully saturated rings. The first-order valence-electron chi connectivity index (χ1n) is 8.67. The maximum absolute atomic E-state index is 12.1. The summed E-state index contributed by atoms with van der Waals surface area (Å²) in [4.78, 5) is 14.2. The smallest absolute Gasteiger partial charge is 0.234 e. The molecule has 2 rings (SSSR count). The molecule has 0 spiro atoms. The molecule has 9 heteroatoms. The van der Waals surface area contributed by atoms with Crippen molar-refractivity contribution in [3.63, 3.8) is 0 Å². The summed E-state index contributed by atoms with van der Waals surface area (Å²) >= 11 is 5.81. The van der Waals surface area contributed by atoms with Crippen LogP contribution in [0.5, 0.6) is 5.75 Å². The van der Waals surface area contributed by atoms with E-state index in [1.807, 2.05) is 4.90 Å². The Bertz CT molecular complexity index is 682. The van der Waals surface area contributed by atoms with E-state index in [9.17, 15) is 13.2 Å². The molecule has 0 radical (unpaired) electrons. The molecule has 1 unspecified atom stereocenters. The lowest BCUT2D eigenvalue weighted by Gasteiger charge is -2.35. The van der Waals surface area contributed by atoms with E-state index in [0.717, 1.165) is 32.1 Å². The maximum Gasteiger partial charge on any atom is 0.234 e. The summed E-state index contributed by atoms with van der Waals surface area (Å²) in [7, 11) is -3.22. The van der Waals surface area contributed by atoms with Gasteiger partial charge in [-0.15, -0.1) is 0 Å². The Morgan fingerprint density at radius 3 is 2.73 bits per heavy atom. The summed E-state index contributed by atoms with van der Waals surface area (Å²) in [5.41, 5.74) is 0. The molecule has 1 aromatic carbocycles. The van der Waals surface area contributed by atoms with Gasteiger partial charge in [-0.2, -0.15) is 0 Å². The number of nitrogens with zero attached hydrogens (tertiary/aromatic N) is 1. The standard InChI is InChI=1S/C17H26ClN3O4S/c1-26(23,24)20-12-15-4-2-3-10-21(15)13-17(22)19-9-11-25-16-7-5-14(18)6-8-16/h5-8,15,20H,2-4,9-13H2,1H3,(H,19,22). The van der Waals surface area contributed by atoms with Gasteiger partial charge in [0.05, 0.1) is 19.3 Å². The number of carbonyl (C=O) groups excluding carboxylic acids is 1. The number of halogens is 1. The van der Waals surface area contributed by atoms with Crippen molar-refractivity contribution >= 4 is 27.5 Å². The molecule has 1 saturated heterocycles. The molecule has 1 amide bonds. The summed E-state index contributed by atoms with van der Waals surface area (Å²) in [6, 6.07) is 7.09. The number of piperidine rings is 1. The van der Waals surface area contributed by atoms with Gasteiger partial charge in [0.2, 0.25) is 15.9 Å². The Morgan fingerprint density at radius 2 is 2.04 bits per heavy atom. The van der Waals surface area contributed by atoms with E-state index in [4.69, 9.17) is 16.3 Å². The molecule has 0 aromatic heterocycles. The number of nitrogens with one attached hydrogen (secondary N) is 2. The summed E-state index contributed by atoms with van der Waals surface area (Å²) < 4.78 is 30.6. The van der Waals surface area contributed by atoms with Crippen molar-refractivity contribution in [2.45, 2.75) is 25.3 Å². The predicted octanol–water partition coefficient (Wildman–Crippen LogP) is 1.24. The summed E-state index contributed by atoms with van der Waals surface area (Å²) in [5.74, 6) is 0.613. The number of carbonyl (C=O) groups is 1. The largest absolute Gasteiger partial charge is 0.492 e. The van der Waals surface area contributed by atoms with Crippen molar-refractivity contribution in [1.29, 1.82) is 0 Å². The zero-order chi connectivity index (χ0) is 19.0. The van der Waals surface area contributed by atoms with E-state index >= 15 is 0 Å². The van der Waals surface area contributed by atoms with E-state index in [2.05, 4.69) is 10.0 Å². The van der Waals surface area contributed by atoms with Crippen LogP contribution in [0.4, 0.5) is 0 Å². The molecule has 146 valence electrons. The van der Waals surface area contributed by atoms with Crippen LogP contribution >= 0.6 is 11.6 Å². The van der Waals surface area contributed by atoms with Gasteiger partial charge < -0.3 is 10.1 Å². The zero-order valence-electron chi connectivity index (χ0n) is 14.9. The molecule has 0 saturated carbocycles. The van der Waals surface area contributed by atoms with Crippen LogP contribution in [-0.4, -0.2) is 64.3 Å². The lowest BCUT2D eigenvalue weighted by molar-refractivity contribution is -0.123. The predicted molar refractivity (Wildman–Crippen MR) is 102 cm³/mol. The van der Waals surface area contributed by atoms with E-state index in [1.165, 1.54) is 0 Å². The van der Waals surface area contributed by atoms with Gasteiger partial charge >= 0.3 is 0 Å². The Kier molecular flexibility index (Phi) is 8.15. The molecule has 1 aliphatic heterocycles. The third-order valence-corrected chi connectivity index (χ3v) is 5.13. The second kappa shape index (κ2) is 10.1. The third-order valence-electron chi connectivity index (χ3n) is 4.18. The number of hydrogen-bond donors (Lipinski definition) is 2. The van der Waals surface area contributed by atoms with Crippen LogP contribution in [-0.2, 0) is 14.8 Å². The summed E-state index contributed by atoms with van der Waals surface area (Å²) in [5, 5.41) is 3.48. The first-order valence-corrected chi connectivity index (χ1v) is 10.9. The highest BCUT2D eigenvalue weighted by atomic mass is 35.5. The number of ether oxygens (including phenoxy) is 1.